The van der Waals surface area contributed by atoms with Crippen LogP contribution in [0.25, 0.3) is 6.08 Å². The minimum Gasteiger partial charge on any atom is -0.488 e. The van der Waals surface area contributed by atoms with Gasteiger partial charge in [0, 0.05) is 21.2 Å². The summed E-state index contributed by atoms with van der Waals surface area (Å²) in [7, 11) is 0. The Hall–Kier alpha value is -4.24. The Labute approximate surface area is 249 Å². The summed E-state index contributed by atoms with van der Waals surface area (Å²) in [5, 5.41) is 5.56. The molecule has 1 atom stereocenters. The van der Waals surface area contributed by atoms with Gasteiger partial charge in [-0.3, -0.25) is 14.2 Å². The van der Waals surface area contributed by atoms with Crippen LogP contribution in [0.1, 0.15) is 29.0 Å². The van der Waals surface area contributed by atoms with Gasteiger partial charge in [0.05, 0.1) is 15.8 Å². The van der Waals surface area contributed by atoms with Gasteiger partial charge in [0.1, 0.15) is 18.4 Å². The number of thiophene rings is 1. The predicted octanol–water partition coefficient (Wildman–Crippen LogP) is 6.17. The van der Waals surface area contributed by atoms with Crippen LogP contribution in [0.2, 0.25) is 5.02 Å². The van der Waals surface area contributed by atoms with Crippen molar-refractivity contribution in [1.29, 1.82) is 0 Å². The monoisotopic (exact) mass is 597 g/mol. The first-order valence-corrected chi connectivity index (χ1v) is 14.9. The third-order valence-electron chi connectivity index (χ3n) is 6.60. The van der Waals surface area contributed by atoms with Gasteiger partial charge in [0.2, 0.25) is 0 Å². The Bertz CT molecular complexity index is 1940. The maximum absolute atomic E-state index is 14.0. The highest BCUT2D eigenvalue weighted by molar-refractivity contribution is 7.10. The molecule has 0 fully saturated rings. The number of aromatic nitrogens is 1. The van der Waals surface area contributed by atoms with Gasteiger partial charge in [-0.25, -0.2) is 4.99 Å². The fourth-order valence-corrected chi connectivity index (χ4v) is 6.78. The minimum absolute atomic E-state index is 0.214. The lowest BCUT2D eigenvalue weighted by atomic mass is 10.0. The van der Waals surface area contributed by atoms with Crippen molar-refractivity contribution < 1.29 is 9.53 Å². The van der Waals surface area contributed by atoms with Crippen molar-refractivity contribution in [2.45, 2.75) is 19.6 Å². The Morgan fingerprint density at radius 2 is 1.85 bits per heavy atom. The van der Waals surface area contributed by atoms with Crippen LogP contribution in [0.3, 0.4) is 0 Å². The quantitative estimate of drug-likeness (QED) is 0.244. The van der Waals surface area contributed by atoms with Crippen LogP contribution in [-0.4, -0.2) is 10.5 Å². The number of ether oxygens (including phenoxy) is 1. The van der Waals surface area contributed by atoms with E-state index in [2.05, 4.69) is 5.32 Å². The first-order valence-electron chi connectivity index (χ1n) is 12.9. The van der Waals surface area contributed by atoms with Crippen molar-refractivity contribution in [1.82, 2.24) is 4.57 Å². The highest BCUT2D eigenvalue weighted by atomic mass is 35.5. The van der Waals surface area contributed by atoms with E-state index in [1.54, 1.807) is 4.57 Å². The number of nitrogens with zero attached hydrogens (tertiary/aromatic N) is 2. The topological polar surface area (TPSA) is 72.7 Å². The van der Waals surface area contributed by atoms with Gasteiger partial charge >= 0.3 is 0 Å². The number of carbonyl (C=O) groups is 1. The molecule has 3 heterocycles. The summed E-state index contributed by atoms with van der Waals surface area (Å²) in [6.07, 6.45) is 1.83. The van der Waals surface area contributed by atoms with Gasteiger partial charge in [-0.1, -0.05) is 77.5 Å². The Kier molecular flexibility index (Phi) is 7.69. The second-order valence-corrected chi connectivity index (χ2v) is 11.8. The van der Waals surface area contributed by atoms with Crippen LogP contribution in [0.15, 0.2) is 117 Å². The summed E-state index contributed by atoms with van der Waals surface area (Å²) >= 11 is 8.93. The molecule has 3 aromatic carbocycles. The zero-order valence-electron chi connectivity index (χ0n) is 21.9. The number of thiazole rings is 1. The number of carbonyl (C=O) groups excluding carboxylic acids is 1. The van der Waals surface area contributed by atoms with Crippen molar-refractivity contribution >= 4 is 51.9 Å². The SMILES string of the molecule is CC1=C(C(=O)Nc2ccccc2)[C@@H](c2cccs2)n2c(s/c(=C\c3ccccc3OCc3cccc(Cl)c3)c2=O)=N1. The van der Waals surface area contributed by atoms with E-state index in [-0.39, 0.29) is 11.5 Å². The summed E-state index contributed by atoms with van der Waals surface area (Å²) < 4.78 is 8.25. The first-order chi connectivity index (χ1) is 20.0. The van der Waals surface area contributed by atoms with Crippen molar-refractivity contribution in [3.05, 3.63) is 148 Å². The number of allylic oxidation sites excluding steroid dienone is 1. The van der Waals surface area contributed by atoms with E-state index >= 15 is 0 Å². The molecular formula is C32H24ClN3O3S2. The third-order valence-corrected chi connectivity index (χ3v) is 8.74. The largest absolute Gasteiger partial charge is 0.488 e. The summed E-state index contributed by atoms with van der Waals surface area (Å²) in [6.45, 7) is 2.15. The fourth-order valence-electron chi connectivity index (χ4n) is 4.71. The smallest absolute Gasteiger partial charge is 0.271 e. The van der Waals surface area contributed by atoms with Crippen LogP contribution < -0.4 is 24.9 Å². The average Bonchev–Trinajstić information content (AvgIpc) is 3.61. The number of hydrogen-bond acceptors (Lipinski definition) is 6. The Morgan fingerprint density at radius 3 is 2.63 bits per heavy atom. The molecule has 0 spiro atoms. The maximum atomic E-state index is 14.0. The molecule has 9 heteroatoms. The maximum Gasteiger partial charge on any atom is 0.271 e. The first kappa shape index (κ1) is 27.0. The molecule has 204 valence electrons. The van der Waals surface area contributed by atoms with Crippen molar-refractivity contribution in [3.63, 3.8) is 0 Å². The number of hydrogen-bond donors (Lipinski definition) is 1. The number of nitrogens with one attached hydrogen (secondary N) is 1. The molecule has 0 saturated carbocycles. The fraction of sp³-hybridized carbons (Fsp3) is 0.0938. The highest BCUT2D eigenvalue weighted by Gasteiger charge is 2.33. The van der Waals surface area contributed by atoms with Crippen LogP contribution in [-0.2, 0) is 11.4 Å². The molecule has 0 unspecified atom stereocenters. The molecule has 6 rings (SSSR count). The van der Waals surface area contributed by atoms with E-state index in [1.807, 2.05) is 109 Å². The predicted molar refractivity (Wildman–Crippen MR) is 165 cm³/mol. The molecule has 1 aliphatic heterocycles. The molecule has 0 saturated heterocycles. The lowest BCUT2D eigenvalue weighted by Gasteiger charge is -2.24. The van der Waals surface area contributed by atoms with Gasteiger partial charge in [0.15, 0.2) is 4.80 Å². The molecule has 1 amide bonds. The molecule has 5 aromatic rings. The molecule has 1 aliphatic rings. The van der Waals surface area contributed by atoms with Gasteiger partial charge in [0.25, 0.3) is 11.5 Å². The normalized spacial score (nSPS) is 14.9. The Balaban J connectivity index is 1.39. The number of fused-ring (bicyclic) bond motifs is 1. The lowest BCUT2D eigenvalue weighted by Crippen LogP contribution is -2.40. The second kappa shape index (κ2) is 11.7. The second-order valence-electron chi connectivity index (χ2n) is 9.37. The number of para-hydroxylation sites is 2. The van der Waals surface area contributed by atoms with Crippen molar-refractivity contribution in [2.24, 2.45) is 4.99 Å². The van der Waals surface area contributed by atoms with Gasteiger partial charge in [-0.05, 0) is 60.3 Å². The van der Waals surface area contributed by atoms with E-state index < -0.39 is 6.04 Å². The van der Waals surface area contributed by atoms with Crippen LogP contribution in [0.5, 0.6) is 5.75 Å². The summed E-state index contributed by atoms with van der Waals surface area (Å²) in [5.41, 5.74) is 3.20. The van der Waals surface area contributed by atoms with E-state index in [0.29, 0.717) is 43.7 Å². The number of rotatable bonds is 7. The molecule has 1 N–H and O–H groups in total. The minimum atomic E-state index is -0.591. The summed E-state index contributed by atoms with van der Waals surface area (Å²) in [6, 6.07) is 27.6. The van der Waals surface area contributed by atoms with Gasteiger partial charge in [-0.2, -0.15) is 0 Å². The zero-order chi connectivity index (χ0) is 28.3. The number of anilines is 1. The average molecular weight is 598 g/mol. The standard InChI is InChI=1S/C32H24ClN3O3S2/c1-20-28(30(37)35-24-12-3-2-4-13-24)29(26-15-8-16-40-26)36-31(38)27(41-32(36)34-20)18-22-10-5-6-14-25(22)39-19-21-9-7-11-23(33)17-21/h2-18,29H,19H2,1H3,(H,35,37)/b27-18-/t29-/m1/s1. The van der Waals surface area contributed by atoms with Crippen LogP contribution >= 0.6 is 34.3 Å². The van der Waals surface area contributed by atoms with Gasteiger partial charge in [-0.15, -0.1) is 11.3 Å². The Morgan fingerprint density at radius 1 is 1.05 bits per heavy atom. The number of benzene rings is 3. The molecule has 6 nitrogen and oxygen atoms in total. The highest BCUT2D eigenvalue weighted by Crippen LogP contribution is 2.33. The van der Waals surface area contributed by atoms with Crippen LogP contribution in [0, 0.1) is 0 Å². The molecule has 41 heavy (non-hydrogen) atoms. The summed E-state index contributed by atoms with van der Waals surface area (Å²) in [4.78, 5) is 33.7. The number of amides is 1. The lowest BCUT2D eigenvalue weighted by molar-refractivity contribution is -0.113. The number of halogens is 1. The summed E-state index contributed by atoms with van der Waals surface area (Å²) in [5.74, 6) is 0.358. The molecule has 0 bridgehead atoms. The van der Waals surface area contributed by atoms with Crippen LogP contribution in [0.4, 0.5) is 5.69 Å². The van der Waals surface area contributed by atoms with Gasteiger partial charge < -0.3 is 10.1 Å². The molecular weight excluding hydrogens is 574 g/mol. The van der Waals surface area contributed by atoms with E-state index in [0.717, 1.165) is 16.0 Å². The zero-order valence-corrected chi connectivity index (χ0v) is 24.3. The van der Waals surface area contributed by atoms with E-state index in [1.165, 1.54) is 22.7 Å². The molecule has 0 radical (unpaired) electrons. The van der Waals surface area contributed by atoms with E-state index in [9.17, 15) is 9.59 Å². The molecule has 2 aromatic heterocycles. The molecule has 0 aliphatic carbocycles. The van der Waals surface area contributed by atoms with E-state index in [4.69, 9.17) is 21.3 Å². The van der Waals surface area contributed by atoms with Crippen molar-refractivity contribution in [3.8, 4) is 5.75 Å². The third kappa shape index (κ3) is 5.67. The van der Waals surface area contributed by atoms with Crippen molar-refractivity contribution in [2.75, 3.05) is 5.32 Å².